The summed E-state index contributed by atoms with van der Waals surface area (Å²) in [6.07, 6.45) is 3.35. The van der Waals surface area contributed by atoms with Gasteiger partial charge in [-0.1, -0.05) is 65.8 Å². The zero-order valence-electron chi connectivity index (χ0n) is 21.9. The summed E-state index contributed by atoms with van der Waals surface area (Å²) in [4.78, 5) is 0. The van der Waals surface area contributed by atoms with E-state index in [4.69, 9.17) is 9.47 Å². The zero-order chi connectivity index (χ0) is 24.7. The van der Waals surface area contributed by atoms with Crippen LogP contribution in [0, 0.1) is 10.8 Å². The molecule has 0 heterocycles. The van der Waals surface area contributed by atoms with E-state index in [-0.39, 0.29) is 21.7 Å². The van der Waals surface area contributed by atoms with E-state index in [1.54, 1.807) is 14.2 Å². The van der Waals surface area contributed by atoms with Crippen LogP contribution >= 0.6 is 0 Å². The van der Waals surface area contributed by atoms with Gasteiger partial charge in [-0.25, -0.2) is 0 Å². The van der Waals surface area contributed by atoms with E-state index >= 15 is 0 Å². The van der Waals surface area contributed by atoms with Crippen LogP contribution in [-0.4, -0.2) is 19.3 Å². The standard InChI is InChI=1S/C31H38O3/c1-28(2)16-29(3,4)18-31(17-28)23-15-24(32)20-13-25(33-7)26(34-8)14-21(20)27(23)19-11-9-10-12-22(19)30(31,5)6/h9-15,32H,16-18H2,1-8H3. The normalized spacial score (nSPS) is 21.1. The maximum Gasteiger partial charge on any atom is 0.161 e. The highest BCUT2D eigenvalue weighted by Gasteiger charge is 2.59. The zero-order valence-corrected chi connectivity index (χ0v) is 21.9. The average molecular weight is 459 g/mol. The lowest BCUT2D eigenvalue weighted by atomic mass is 9.42. The second kappa shape index (κ2) is 7.16. The van der Waals surface area contributed by atoms with E-state index in [1.165, 1.54) is 28.7 Å². The van der Waals surface area contributed by atoms with Crippen molar-refractivity contribution in [3.8, 4) is 28.4 Å². The predicted octanol–water partition coefficient (Wildman–Crippen LogP) is 7.99. The number of hydrogen-bond acceptors (Lipinski definition) is 3. The molecule has 3 heteroatoms. The Bertz CT molecular complexity index is 1280. The molecule has 0 unspecified atom stereocenters. The molecule has 3 aromatic carbocycles. The lowest BCUT2D eigenvalue weighted by Gasteiger charge is -2.61. The van der Waals surface area contributed by atoms with Gasteiger partial charge in [0.15, 0.2) is 11.5 Å². The van der Waals surface area contributed by atoms with Crippen LogP contribution < -0.4 is 9.47 Å². The molecule has 0 aliphatic heterocycles. The topological polar surface area (TPSA) is 38.7 Å². The van der Waals surface area contributed by atoms with Gasteiger partial charge in [0.1, 0.15) is 5.75 Å². The van der Waals surface area contributed by atoms with Gasteiger partial charge in [-0.05, 0) is 75.9 Å². The first-order valence-electron chi connectivity index (χ1n) is 12.4. The molecule has 2 aliphatic carbocycles. The summed E-state index contributed by atoms with van der Waals surface area (Å²) in [6.45, 7) is 14.5. The quantitative estimate of drug-likeness (QED) is 0.423. The van der Waals surface area contributed by atoms with Gasteiger partial charge in [-0.3, -0.25) is 0 Å². The van der Waals surface area contributed by atoms with Gasteiger partial charge in [0.05, 0.1) is 14.2 Å². The molecular weight excluding hydrogens is 420 g/mol. The van der Waals surface area contributed by atoms with E-state index in [0.29, 0.717) is 17.2 Å². The first-order chi connectivity index (χ1) is 15.9. The summed E-state index contributed by atoms with van der Waals surface area (Å²) in [5.74, 6) is 1.62. The van der Waals surface area contributed by atoms with Gasteiger partial charge in [0.2, 0.25) is 0 Å². The van der Waals surface area contributed by atoms with Crippen molar-refractivity contribution in [2.24, 2.45) is 10.8 Å². The Kier molecular flexibility index (Phi) is 4.86. The molecule has 0 aromatic heterocycles. The molecule has 0 bridgehead atoms. The molecule has 2 aliphatic rings. The molecule has 0 radical (unpaired) electrons. The molecule has 34 heavy (non-hydrogen) atoms. The second-order valence-electron chi connectivity index (χ2n) is 12.7. The predicted molar refractivity (Wildman–Crippen MR) is 140 cm³/mol. The van der Waals surface area contributed by atoms with Gasteiger partial charge in [0, 0.05) is 16.2 Å². The SMILES string of the molecule is COc1cc2c(O)cc3c(c2cc1OC)-c1ccccc1C(C)(C)C31CC(C)(C)CC(C)(C)C1. The van der Waals surface area contributed by atoms with E-state index in [2.05, 4.69) is 77.9 Å². The number of hydrogen-bond donors (Lipinski definition) is 1. The lowest BCUT2D eigenvalue weighted by Crippen LogP contribution is -2.55. The summed E-state index contributed by atoms with van der Waals surface area (Å²) in [5.41, 5.74) is 5.31. The van der Waals surface area contributed by atoms with Crippen molar-refractivity contribution in [2.75, 3.05) is 14.2 Å². The van der Waals surface area contributed by atoms with Gasteiger partial charge < -0.3 is 14.6 Å². The van der Waals surface area contributed by atoms with Gasteiger partial charge in [-0.15, -0.1) is 0 Å². The summed E-state index contributed by atoms with van der Waals surface area (Å²) >= 11 is 0. The Labute approximate surface area is 204 Å². The van der Waals surface area contributed by atoms with E-state index < -0.39 is 0 Å². The summed E-state index contributed by atoms with van der Waals surface area (Å²) < 4.78 is 11.3. The Morgan fingerprint density at radius 2 is 1.26 bits per heavy atom. The minimum absolute atomic E-state index is 0.0950. The molecule has 0 atom stereocenters. The summed E-state index contributed by atoms with van der Waals surface area (Å²) in [5, 5.41) is 13.2. The molecule has 1 fully saturated rings. The molecule has 3 nitrogen and oxygen atoms in total. The number of ether oxygens (including phenoxy) is 2. The van der Waals surface area contributed by atoms with Gasteiger partial charge >= 0.3 is 0 Å². The van der Waals surface area contributed by atoms with Crippen molar-refractivity contribution in [1.29, 1.82) is 0 Å². The fraction of sp³-hybridized carbons (Fsp3) is 0.484. The minimum atomic E-state index is -0.110. The third kappa shape index (κ3) is 3.08. The molecule has 5 rings (SSSR count). The fourth-order valence-corrected chi connectivity index (χ4v) is 7.99. The number of fused-ring (bicyclic) bond motifs is 6. The lowest BCUT2D eigenvalue weighted by molar-refractivity contribution is 0.00616. The highest BCUT2D eigenvalue weighted by Crippen LogP contribution is 2.67. The monoisotopic (exact) mass is 458 g/mol. The van der Waals surface area contributed by atoms with Crippen molar-refractivity contribution in [3.05, 3.63) is 53.6 Å². The largest absolute Gasteiger partial charge is 0.507 e. The van der Waals surface area contributed by atoms with Crippen LogP contribution in [0.1, 0.15) is 71.9 Å². The van der Waals surface area contributed by atoms with Crippen LogP contribution in [-0.2, 0) is 10.8 Å². The summed E-state index contributed by atoms with van der Waals surface area (Å²) in [7, 11) is 3.31. The van der Waals surface area contributed by atoms with Crippen LogP contribution in [0.4, 0.5) is 0 Å². The number of phenolic OH excluding ortho intramolecular Hbond substituents is 1. The molecule has 3 aromatic rings. The number of methoxy groups -OCH3 is 2. The highest BCUT2D eigenvalue weighted by atomic mass is 16.5. The summed E-state index contributed by atoms with van der Waals surface area (Å²) in [6, 6.07) is 14.9. The van der Waals surface area contributed by atoms with E-state index in [0.717, 1.165) is 23.6 Å². The first-order valence-corrected chi connectivity index (χ1v) is 12.4. The first kappa shape index (κ1) is 23.1. The maximum atomic E-state index is 11.4. The maximum absolute atomic E-state index is 11.4. The number of rotatable bonds is 2. The molecule has 0 saturated heterocycles. The molecule has 0 amide bonds. The minimum Gasteiger partial charge on any atom is -0.507 e. The number of aromatic hydroxyl groups is 1. The Hall–Kier alpha value is -2.68. The van der Waals surface area contributed by atoms with Crippen LogP contribution in [0.3, 0.4) is 0 Å². The third-order valence-electron chi connectivity index (χ3n) is 8.72. The molecule has 1 spiro atoms. The molecular formula is C31H38O3. The molecule has 1 N–H and O–H groups in total. The van der Waals surface area contributed by atoms with Crippen molar-refractivity contribution in [3.63, 3.8) is 0 Å². The van der Waals surface area contributed by atoms with Crippen LogP contribution in [0.5, 0.6) is 17.2 Å². The molecule has 1 saturated carbocycles. The van der Waals surface area contributed by atoms with Crippen molar-refractivity contribution >= 4 is 10.8 Å². The van der Waals surface area contributed by atoms with Crippen LogP contribution in [0.15, 0.2) is 42.5 Å². The average Bonchev–Trinajstić information content (AvgIpc) is 2.75. The number of phenols is 1. The van der Waals surface area contributed by atoms with Crippen molar-refractivity contribution in [2.45, 2.75) is 71.6 Å². The van der Waals surface area contributed by atoms with Crippen LogP contribution in [0.2, 0.25) is 0 Å². The third-order valence-corrected chi connectivity index (χ3v) is 8.72. The number of benzene rings is 3. The highest BCUT2D eigenvalue weighted by molar-refractivity contribution is 6.05. The van der Waals surface area contributed by atoms with Gasteiger partial charge in [0.25, 0.3) is 0 Å². The Balaban J connectivity index is 1.96. The Morgan fingerprint density at radius 1 is 0.706 bits per heavy atom. The van der Waals surface area contributed by atoms with E-state index in [9.17, 15) is 5.11 Å². The van der Waals surface area contributed by atoms with Crippen LogP contribution in [0.25, 0.3) is 21.9 Å². The Morgan fingerprint density at radius 3 is 1.85 bits per heavy atom. The van der Waals surface area contributed by atoms with Crippen molar-refractivity contribution in [1.82, 2.24) is 0 Å². The van der Waals surface area contributed by atoms with Gasteiger partial charge in [-0.2, -0.15) is 0 Å². The van der Waals surface area contributed by atoms with E-state index in [1.807, 2.05) is 6.07 Å². The second-order valence-corrected chi connectivity index (χ2v) is 12.7. The molecule has 180 valence electrons. The smallest absolute Gasteiger partial charge is 0.161 e. The fourth-order valence-electron chi connectivity index (χ4n) is 7.99. The van der Waals surface area contributed by atoms with Crippen molar-refractivity contribution < 1.29 is 14.6 Å².